The Morgan fingerprint density at radius 3 is 2.44 bits per heavy atom. The first kappa shape index (κ1) is 23.5. The molecule has 1 amide bonds. The first-order valence-corrected chi connectivity index (χ1v) is 10.7. The van der Waals surface area contributed by atoms with Crippen LogP contribution in [0, 0.1) is 12.7 Å². The molecular weight excluding hydrogens is 411 g/mol. The number of halogens is 1. The summed E-state index contributed by atoms with van der Waals surface area (Å²) in [6.07, 6.45) is 0.653. The van der Waals surface area contributed by atoms with Crippen molar-refractivity contribution in [2.45, 2.75) is 26.3 Å². The van der Waals surface area contributed by atoms with Crippen LogP contribution < -0.4 is 4.74 Å². The summed E-state index contributed by atoms with van der Waals surface area (Å²) in [6.45, 7) is 5.31. The van der Waals surface area contributed by atoms with E-state index < -0.39 is 23.5 Å². The molecule has 2 aromatic carbocycles. The van der Waals surface area contributed by atoms with Crippen LogP contribution in [-0.2, 0) is 9.59 Å². The van der Waals surface area contributed by atoms with Gasteiger partial charge in [0.25, 0.3) is 11.7 Å². The molecule has 32 heavy (non-hydrogen) atoms. The summed E-state index contributed by atoms with van der Waals surface area (Å²) in [5.74, 6) is -1.39. The molecule has 0 aromatic heterocycles. The molecule has 7 heteroatoms. The van der Waals surface area contributed by atoms with Crippen molar-refractivity contribution >= 4 is 17.4 Å². The number of nitrogens with zero attached hydrogens (tertiary/aromatic N) is 2. The third kappa shape index (κ3) is 4.83. The highest BCUT2D eigenvalue weighted by Crippen LogP contribution is 2.40. The summed E-state index contributed by atoms with van der Waals surface area (Å²) < 4.78 is 19.1. The molecule has 1 unspecified atom stereocenters. The van der Waals surface area contributed by atoms with E-state index in [1.165, 1.54) is 17.0 Å². The molecular formula is C25H29FN2O4. The van der Waals surface area contributed by atoms with Crippen LogP contribution in [0.5, 0.6) is 5.75 Å². The highest BCUT2D eigenvalue weighted by molar-refractivity contribution is 6.46. The van der Waals surface area contributed by atoms with E-state index >= 15 is 0 Å². The third-order valence-electron chi connectivity index (χ3n) is 5.48. The summed E-state index contributed by atoms with van der Waals surface area (Å²) in [4.78, 5) is 29.4. The predicted molar refractivity (Wildman–Crippen MR) is 121 cm³/mol. The average Bonchev–Trinajstić information content (AvgIpc) is 3.00. The van der Waals surface area contributed by atoms with Gasteiger partial charge >= 0.3 is 0 Å². The monoisotopic (exact) mass is 440 g/mol. The van der Waals surface area contributed by atoms with Gasteiger partial charge in [0.05, 0.1) is 18.2 Å². The molecule has 0 spiro atoms. The Labute approximate surface area is 187 Å². The summed E-state index contributed by atoms with van der Waals surface area (Å²) in [5.41, 5.74) is 1.80. The Morgan fingerprint density at radius 2 is 1.84 bits per heavy atom. The zero-order valence-electron chi connectivity index (χ0n) is 18.9. The standard InChI is InChI=1S/C25H29FN2O4/c1-5-32-20-12-9-18(15-16(20)2)23(29)21-22(17-7-10-19(26)11-8-17)28(25(31)24(21)30)14-6-13-27(3)4/h7-12,15,22,29H,5-6,13-14H2,1-4H3/b23-21-. The van der Waals surface area contributed by atoms with Crippen LogP contribution in [-0.4, -0.2) is 60.4 Å². The lowest BCUT2D eigenvalue weighted by Crippen LogP contribution is -2.32. The molecule has 1 fully saturated rings. The minimum Gasteiger partial charge on any atom is -0.507 e. The number of carbonyl (C=O) groups is 2. The summed E-state index contributed by atoms with van der Waals surface area (Å²) in [5, 5.41) is 11.1. The molecule has 170 valence electrons. The Kier molecular flexibility index (Phi) is 7.30. The van der Waals surface area contributed by atoms with Crippen molar-refractivity contribution in [2.24, 2.45) is 0 Å². The molecule has 1 saturated heterocycles. The lowest BCUT2D eigenvalue weighted by Gasteiger charge is -2.26. The fraction of sp³-hybridized carbons (Fsp3) is 0.360. The minimum absolute atomic E-state index is 0.00928. The number of amides is 1. The third-order valence-corrected chi connectivity index (χ3v) is 5.48. The zero-order chi connectivity index (χ0) is 23.4. The van der Waals surface area contributed by atoms with Crippen molar-refractivity contribution in [1.29, 1.82) is 0 Å². The molecule has 6 nitrogen and oxygen atoms in total. The molecule has 1 heterocycles. The fourth-order valence-corrected chi connectivity index (χ4v) is 3.93. The number of carbonyl (C=O) groups excluding carboxylic acids is 2. The smallest absolute Gasteiger partial charge is 0.295 e. The number of aryl methyl sites for hydroxylation is 1. The molecule has 0 aliphatic carbocycles. The summed E-state index contributed by atoms with van der Waals surface area (Å²) in [6, 6.07) is 9.99. The van der Waals surface area contributed by atoms with E-state index in [0.717, 1.165) is 12.1 Å². The second-order valence-electron chi connectivity index (χ2n) is 8.11. The number of benzene rings is 2. The van der Waals surface area contributed by atoms with Gasteiger partial charge in [0.1, 0.15) is 17.3 Å². The van der Waals surface area contributed by atoms with E-state index in [0.29, 0.717) is 36.4 Å². The van der Waals surface area contributed by atoms with Crippen molar-refractivity contribution in [3.8, 4) is 5.75 Å². The number of likely N-dealkylation sites (tertiary alicyclic amines) is 1. The molecule has 1 aliphatic rings. The van der Waals surface area contributed by atoms with Gasteiger partial charge in [0, 0.05) is 12.1 Å². The van der Waals surface area contributed by atoms with Crippen LogP contribution in [0.2, 0.25) is 0 Å². The zero-order valence-corrected chi connectivity index (χ0v) is 18.9. The second kappa shape index (κ2) is 9.96. The summed E-state index contributed by atoms with van der Waals surface area (Å²) >= 11 is 0. The van der Waals surface area contributed by atoms with Gasteiger partial charge in [-0.3, -0.25) is 9.59 Å². The van der Waals surface area contributed by atoms with E-state index in [1.54, 1.807) is 30.3 Å². The maximum Gasteiger partial charge on any atom is 0.295 e. The van der Waals surface area contributed by atoms with Gasteiger partial charge in [-0.15, -0.1) is 0 Å². The van der Waals surface area contributed by atoms with Crippen LogP contribution in [0.3, 0.4) is 0 Å². The van der Waals surface area contributed by atoms with Crippen LogP contribution in [0.1, 0.15) is 36.1 Å². The average molecular weight is 441 g/mol. The maximum absolute atomic E-state index is 13.6. The molecule has 1 atom stereocenters. The first-order chi connectivity index (χ1) is 15.2. The number of hydrogen-bond donors (Lipinski definition) is 1. The topological polar surface area (TPSA) is 70.1 Å². The van der Waals surface area contributed by atoms with Gasteiger partial charge in [-0.1, -0.05) is 12.1 Å². The van der Waals surface area contributed by atoms with Crippen LogP contribution >= 0.6 is 0 Å². The number of ether oxygens (including phenoxy) is 1. The Balaban J connectivity index is 2.08. The SMILES string of the molecule is CCOc1ccc(/C(O)=C2/C(=O)C(=O)N(CCCN(C)C)C2c2ccc(F)cc2)cc1C. The highest BCUT2D eigenvalue weighted by atomic mass is 19.1. The van der Waals surface area contributed by atoms with Gasteiger partial charge in [-0.05, 0) is 82.4 Å². The summed E-state index contributed by atoms with van der Waals surface area (Å²) in [7, 11) is 3.86. The highest BCUT2D eigenvalue weighted by Gasteiger charge is 2.45. The van der Waals surface area contributed by atoms with Crippen molar-refractivity contribution in [2.75, 3.05) is 33.8 Å². The molecule has 0 saturated carbocycles. The van der Waals surface area contributed by atoms with Crippen molar-refractivity contribution in [1.82, 2.24) is 9.80 Å². The lowest BCUT2D eigenvalue weighted by molar-refractivity contribution is -0.139. The lowest BCUT2D eigenvalue weighted by atomic mass is 9.94. The van der Waals surface area contributed by atoms with Crippen LogP contribution in [0.15, 0.2) is 48.0 Å². The minimum atomic E-state index is -0.787. The first-order valence-electron chi connectivity index (χ1n) is 10.7. The molecule has 2 aromatic rings. The molecule has 0 radical (unpaired) electrons. The van der Waals surface area contributed by atoms with Gasteiger partial charge in [0.2, 0.25) is 0 Å². The number of aliphatic hydroxyl groups excluding tert-OH is 1. The van der Waals surface area contributed by atoms with Gasteiger partial charge in [-0.2, -0.15) is 0 Å². The number of hydrogen-bond acceptors (Lipinski definition) is 5. The molecule has 1 aliphatic heterocycles. The number of ketones is 1. The van der Waals surface area contributed by atoms with E-state index in [4.69, 9.17) is 4.74 Å². The Bertz CT molecular complexity index is 1030. The number of rotatable bonds is 8. The van der Waals surface area contributed by atoms with E-state index in [9.17, 15) is 19.1 Å². The fourth-order valence-electron chi connectivity index (χ4n) is 3.93. The number of Topliss-reactive ketones (excluding diaryl/α,β-unsaturated/α-hetero) is 1. The van der Waals surface area contributed by atoms with E-state index in [-0.39, 0.29) is 11.3 Å². The van der Waals surface area contributed by atoms with Crippen molar-refractivity contribution < 1.29 is 23.8 Å². The van der Waals surface area contributed by atoms with E-state index in [1.807, 2.05) is 32.8 Å². The van der Waals surface area contributed by atoms with E-state index in [2.05, 4.69) is 0 Å². The second-order valence-corrected chi connectivity index (χ2v) is 8.11. The maximum atomic E-state index is 13.6. The van der Waals surface area contributed by atoms with Crippen LogP contribution in [0.25, 0.3) is 5.76 Å². The van der Waals surface area contributed by atoms with Crippen molar-refractivity contribution in [3.63, 3.8) is 0 Å². The van der Waals surface area contributed by atoms with Crippen molar-refractivity contribution in [3.05, 3.63) is 70.5 Å². The largest absolute Gasteiger partial charge is 0.507 e. The molecule has 3 rings (SSSR count). The quantitative estimate of drug-likeness (QED) is 0.383. The number of aliphatic hydroxyl groups is 1. The Morgan fingerprint density at radius 1 is 1.16 bits per heavy atom. The van der Waals surface area contributed by atoms with Gasteiger partial charge in [0.15, 0.2) is 0 Å². The molecule has 1 N–H and O–H groups in total. The van der Waals surface area contributed by atoms with Gasteiger partial charge < -0.3 is 19.6 Å². The predicted octanol–water partition coefficient (Wildman–Crippen LogP) is 3.91. The van der Waals surface area contributed by atoms with Gasteiger partial charge in [-0.25, -0.2) is 4.39 Å². The normalized spacial score (nSPS) is 17.9. The molecule has 0 bridgehead atoms. The van der Waals surface area contributed by atoms with Crippen LogP contribution in [0.4, 0.5) is 4.39 Å². The Hall–Kier alpha value is -3.19.